The zero-order valence-electron chi connectivity index (χ0n) is 13.4. The van der Waals surface area contributed by atoms with Gasteiger partial charge in [-0.1, -0.05) is 24.3 Å². The third-order valence-corrected chi connectivity index (χ3v) is 6.33. The molecule has 0 fully saturated rings. The highest BCUT2D eigenvalue weighted by molar-refractivity contribution is 7.17. The lowest BCUT2D eigenvalue weighted by atomic mass is 9.88. The molecule has 3 nitrogen and oxygen atoms in total. The first-order valence-corrected chi connectivity index (χ1v) is 9.87. The molecule has 1 aliphatic rings. The van der Waals surface area contributed by atoms with E-state index in [4.69, 9.17) is 0 Å². The van der Waals surface area contributed by atoms with Crippen molar-refractivity contribution in [2.45, 2.75) is 32.2 Å². The molecule has 0 spiro atoms. The number of thiazole rings is 1. The molecule has 5 heteroatoms. The number of nitrogens with one attached hydrogen (secondary N) is 1. The number of amides is 1. The molecule has 0 saturated carbocycles. The number of fused-ring (bicyclic) bond motifs is 1. The van der Waals surface area contributed by atoms with Crippen LogP contribution in [0.4, 0.5) is 0 Å². The Morgan fingerprint density at radius 2 is 2.17 bits per heavy atom. The van der Waals surface area contributed by atoms with Crippen LogP contribution in [0.1, 0.15) is 45.4 Å². The lowest BCUT2D eigenvalue weighted by Gasteiger charge is -2.26. The van der Waals surface area contributed by atoms with Crippen LogP contribution in [-0.4, -0.2) is 10.9 Å². The van der Waals surface area contributed by atoms with Gasteiger partial charge in [0.2, 0.25) is 0 Å². The van der Waals surface area contributed by atoms with E-state index in [1.807, 2.05) is 18.4 Å². The van der Waals surface area contributed by atoms with Crippen LogP contribution in [0.25, 0.3) is 10.6 Å². The average molecular weight is 355 g/mol. The smallest absolute Gasteiger partial charge is 0.263 e. The number of thiophene rings is 1. The molecule has 1 aromatic carbocycles. The van der Waals surface area contributed by atoms with Gasteiger partial charge in [0.15, 0.2) is 0 Å². The molecule has 4 rings (SSSR count). The summed E-state index contributed by atoms with van der Waals surface area (Å²) in [6, 6.07) is 10.6. The van der Waals surface area contributed by atoms with E-state index < -0.39 is 0 Å². The third-order valence-electron chi connectivity index (χ3n) is 4.45. The van der Waals surface area contributed by atoms with Crippen molar-refractivity contribution in [3.8, 4) is 10.6 Å². The SMILES string of the molecule is Cc1nc(-c2ccsc2)sc1C(=O)N[C@H]1CCCc2ccccc21. The Bertz CT molecular complexity index is 867. The van der Waals surface area contributed by atoms with Crippen molar-refractivity contribution in [3.05, 3.63) is 62.8 Å². The van der Waals surface area contributed by atoms with Gasteiger partial charge in [0.25, 0.3) is 5.91 Å². The highest BCUT2D eigenvalue weighted by Gasteiger charge is 2.24. The molecule has 122 valence electrons. The molecular weight excluding hydrogens is 336 g/mol. The monoisotopic (exact) mass is 354 g/mol. The summed E-state index contributed by atoms with van der Waals surface area (Å²) in [7, 11) is 0. The average Bonchev–Trinajstić information content (AvgIpc) is 3.24. The minimum Gasteiger partial charge on any atom is -0.344 e. The molecule has 3 aromatic rings. The summed E-state index contributed by atoms with van der Waals surface area (Å²) in [6.07, 6.45) is 3.21. The fourth-order valence-corrected chi connectivity index (χ4v) is 4.93. The van der Waals surface area contributed by atoms with Crippen LogP contribution in [0, 0.1) is 6.92 Å². The molecule has 1 atom stereocenters. The highest BCUT2D eigenvalue weighted by Crippen LogP contribution is 2.32. The maximum absolute atomic E-state index is 12.8. The van der Waals surface area contributed by atoms with Crippen LogP contribution < -0.4 is 5.32 Å². The zero-order valence-corrected chi connectivity index (χ0v) is 15.0. The summed E-state index contributed by atoms with van der Waals surface area (Å²) in [5.74, 6) is -0.00631. The first-order valence-electron chi connectivity index (χ1n) is 8.11. The Morgan fingerprint density at radius 1 is 1.29 bits per heavy atom. The van der Waals surface area contributed by atoms with E-state index in [2.05, 4.69) is 39.9 Å². The van der Waals surface area contributed by atoms with Gasteiger partial charge in [0.1, 0.15) is 9.88 Å². The van der Waals surface area contributed by atoms with Gasteiger partial charge in [-0.05, 0) is 48.8 Å². The fourth-order valence-electron chi connectivity index (χ4n) is 3.24. The van der Waals surface area contributed by atoms with E-state index in [0.29, 0.717) is 0 Å². The van der Waals surface area contributed by atoms with Crippen LogP contribution in [0.2, 0.25) is 0 Å². The van der Waals surface area contributed by atoms with Crippen LogP contribution in [0.5, 0.6) is 0 Å². The highest BCUT2D eigenvalue weighted by atomic mass is 32.1. The van der Waals surface area contributed by atoms with Crippen LogP contribution in [0.15, 0.2) is 41.1 Å². The van der Waals surface area contributed by atoms with Crippen molar-refractivity contribution < 1.29 is 4.79 Å². The van der Waals surface area contributed by atoms with Gasteiger partial charge in [-0.25, -0.2) is 4.98 Å². The lowest BCUT2D eigenvalue weighted by molar-refractivity contribution is 0.0936. The predicted molar refractivity (Wildman–Crippen MR) is 99.8 cm³/mol. The maximum Gasteiger partial charge on any atom is 0.263 e. The molecule has 2 aromatic heterocycles. The number of aryl methyl sites for hydroxylation is 2. The van der Waals surface area contributed by atoms with Gasteiger partial charge in [0.05, 0.1) is 11.7 Å². The number of carbonyl (C=O) groups is 1. The third kappa shape index (κ3) is 2.89. The first-order chi connectivity index (χ1) is 11.7. The maximum atomic E-state index is 12.8. The number of aromatic nitrogens is 1. The summed E-state index contributed by atoms with van der Waals surface area (Å²) in [5, 5.41) is 8.24. The van der Waals surface area contributed by atoms with Gasteiger partial charge < -0.3 is 5.32 Å². The molecule has 1 N–H and O–H groups in total. The Morgan fingerprint density at radius 3 is 3.00 bits per heavy atom. The van der Waals surface area contributed by atoms with Crippen LogP contribution in [0.3, 0.4) is 0 Å². The Hall–Kier alpha value is -1.98. The van der Waals surface area contributed by atoms with Gasteiger partial charge in [-0.3, -0.25) is 4.79 Å². The largest absolute Gasteiger partial charge is 0.344 e. The summed E-state index contributed by atoms with van der Waals surface area (Å²) in [5.41, 5.74) is 4.52. The Kier molecular flexibility index (Phi) is 4.21. The molecule has 0 unspecified atom stereocenters. The minimum absolute atomic E-state index is 0.00631. The summed E-state index contributed by atoms with van der Waals surface area (Å²) in [4.78, 5) is 18.1. The molecule has 0 aliphatic heterocycles. The zero-order chi connectivity index (χ0) is 16.5. The molecule has 2 heterocycles. The van der Waals surface area contributed by atoms with Crippen molar-refractivity contribution >= 4 is 28.6 Å². The first kappa shape index (κ1) is 15.5. The van der Waals surface area contributed by atoms with Crippen LogP contribution in [-0.2, 0) is 6.42 Å². The van der Waals surface area contributed by atoms with Crippen LogP contribution >= 0.6 is 22.7 Å². The van der Waals surface area contributed by atoms with Crippen molar-refractivity contribution in [2.24, 2.45) is 0 Å². The van der Waals surface area contributed by atoms with E-state index in [1.54, 1.807) is 11.3 Å². The predicted octanol–water partition coefficient (Wildman–Crippen LogP) is 4.99. The Labute approximate surface area is 149 Å². The molecular formula is C19H18N2OS2. The minimum atomic E-state index is -0.00631. The second kappa shape index (κ2) is 6.49. The number of benzene rings is 1. The van der Waals surface area contributed by atoms with Gasteiger partial charge in [-0.2, -0.15) is 11.3 Å². The second-order valence-corrected chi connectivity index (χ2v) is 7.84. The number of carbonyl (C=O) groups excluding carboxylic acids is 1. The quantitative estimate of drug-likeness (QED) is 0.720. The molecule has 24 heavy (non-hydrogen) atoms. The molecule has 0 saturated heterocycles. The second-order valence-electron chi connectivity index (χ2n) is 6.06. The van der Waals surface area contributed by atoms with E-state index in [9.17, 15) is 4.79 Å². The van der Waals surface area contributed by atoms with Crippen molar-refractivity contribution in [2.75, 3.05) is 0 Å². The van der Waals surface area contributed by atoms with Crippen molar-refractivity contribution in [1.29, 1.82) is 0 Å². The topological polar surface area (TPSA) is 42.0 Å². The fraction of sp³-hybridized carbons (Fsp3) is 0.263. The van der Waals surface area contributed by atoms with E-state index in [0.717, 1.165) is 40.4 Å². The van der Waals surface area contributed by atoms with Crippen molar-refractivity contribution in [3.63, 3.8) is 0 Å². The molecule has 0 radical (unpaired) electrons. The van der Waals surface area contributed by atoms with E-state index >= 15 is 0 Å². The van der Waals surface area contributed by atoms with Gasteiger partial charge >= 0.3 is 0 Å². The van der Waals surface area contributed by atoms with E-state index in [-0.39, 0.29) is 11.9 Å². The Balaban J connectivity index is 1.57. The number of hydrogen-bond acceptors (Lipinski definition) is 4. The van der Waals surface area contributed by atoms with E-state index in [1.165, 1.54) is 22.5 Å². The van der Waals surface area contributed by atoms with Gasteiger partial charge in [0, 0.05) is 10.9 Å². The molecule has 1 amide bonds. The normalized spacial score (nSPS) is 16.6. The molecule has 0 bridgehead atoms. The van der Waals surface area contributed by atoms with Crippen molar-refractivity contribution in [1.82, 2.24) is 10.3 Å². The summed E-state index contributed by atoms with van der Waals surface area (Å²) < 4.78 is 0. The molecule has 1 aliphatic carbocycles. The summed E-state index contributed by atoms with van der Waals surface area (Å²) in [6.45, 7) is 1.91. The summed E-state index contributed by atoms with van der Waals surface area (Å²) >= 11 is 3.12. The van der Waals surface area contributed by atoms with Gasteiger partial charge in [-0.15, -0.1) is 11.3 Å². The number of nitrogens with zero attached hydrogens (tertiary/aromatic N) is 1. The number of rotatable bonds is 3. The standard InChI is InChI=1S/C19H18N2OS2/c1-12-17(24-19(20-12)14-9-10-23-11-14)18(22)21-16-8-4-6-13-5-2-3-7-15(13)16/h2-3,5,7,9-11,16H,4,6,8H2,1H3,(H,21,22)/t16-/m0/s1. The number of hydrogen-bond donors (Lipinski definition) is 1. The lowest BCUT2D eigenvalue weighted by Crippen LogP contribution is -2.30.